The van der Waals surface area contributed by atoms with Crippen molar-refractivity contribution in [2.75, 3.05) is 27.1 Å². The molecule has 1 aromatic rings. The number of hydrogen-bond acceptors (Lipinski definition) is 6. The molecule has 2 rings (SSSR count). The number of amides is 1. The number of hydrogen-bond donors (Lipinski definition) is 2. The van der Waals surface area contributed by atoms with Crippen molar-refractivity contribution in [3.8, 4) is 11.5 Å². The molecule has 1 heterocycles. The fourth-order valence-electron chi connectivity index (χ4n) is 2.37. The Balaban J connectivity index is 2.34. The molecule has 1 amide bonds. The molecule has 1 aromatic carbocycles. The first-order chi connectivity index (χ1) is 12.1. The van der Waals surface area contributed by atoms with E-state index in [-0.39, 0.29) is 31.8 Å². The Bertz CT molecular complexity index is 675. The third-order valence-corrected chi connectivity index (χ3v) is 3.88. The molecule has 0 bridgehead atoms. The van der Waals surface area contributed by atoms with Crippen LogP contribution in [-0.4, -0.2) is 43.8 Å². The number of carbonyl (C=O) groups excluding carboxylic acids is 1. The summed E-state index contributed by atoms with van der Waals surface area (Å²) in [6, 6.07) is 3.50. The van der Waals surface area contributed by atoms with Gasteiger partial charge in [0.25, 0.3) is 0 Å². The van der Waals surface area contributed by atoms with E-state index in [0.29, 0.717) is 34.2 Å². The summed E-state index contributed by atoms with van der Waals surface area (Å²) in [5.41, 5.74) is 3.84. The predicted octanol–water partition coefficient (Wildman–Crippen LogP) is 2.11. The first-order valence-corrected chi connectivity index (χ1v) is 8.16. The second-order valence-electron chi connectivity index (χ2n) is 5.41. The normalized spacial score (nSPS) is 17.4. The van der Waals surface area contributed by atoms with E-state index in [0.717, 1.165) is 0 Å². The number of aliphatic hydroxyl groups excluding tert-OH is 1. The maximum absolute atomic E-state index is 11.5. The molecule has 0 fully saturated rings. The van der Waals surface area contributed by atoms with Crippen molar-refractivity contribution in [3.63, 3.8) is 0 Å². The molecule has 0 saturated heterocycles. The second-order valence-corrected chi connectivity index (χ2v) is 5.79. The van der Waals surface area contributed by atoms with Crippen LogP contribution >= 0.6 is 11.6 Å². The monoisotopic (exact) mass is 368 g/mol. The number of methoxy groups -OCH3 is 1. The van der Waals surface area contributed by atoms with Crippen LogP contribution in [0.4, 0.5) is 0 Å². The zero-order valence-corrected chi connectivity index (χ0v) is 14.9. The zero-order valence-electron chi connectivity index (χ0n) is 14.1. The van der Waals surface area contributed by atoms with Gasteiger partial charge in [-0.25, -0.2) is 5.43 Å². The Hall–Kier alpha value is -2.09. The van der Waals surface area contributed by atoms with Crippen LogP contribution in [0.2, 0.25) is 5.02 Å². The van der Waals surface area contributed by atoms with Crippen molar-refractivity contribution in [2.24, 2.45) is 11.0 Å². The Labute approximate surface area is 151 Å². The number of benzene rings is 1. The molecule has 0 saturated carbocycles. The van der Waals surface area contributed by atoms with Gasteiger partial charge in [0.1, 0.15) is 17.4 Å². The van der Waals surface area contributed by atoms with Crippen LogP contribution in [0.5, 0.6) is 11.5 Å². The van der Waals surface area contributed by atoms with Gasteiger partial charge >= 0.3 is 0 Å². The summed E-state index contributed by atoms with van der Waals surface area (Å²) in [5, 5.41) is 13.2. The van der Waals surface area contributed by atoms with E-state index in [1.165, 1.54) is 7.11 Å². The van der Waals surface area contributed by atoms with Crippen molar-refractivity contribution in [2.45, 2.75) is 13.3 Å². The minimum atomic E-state index is -0.127. The van der Waals surface area contributed by atoms with Gasteiger partial charge in [-0.2, -0.15) is 5.10 Å². The lowest BCUT2D eigenvalue weighted by molar-refractivity contribution is -0.121. The quantitative estimate of drug-likeness (QED) is 0.542. The van der Waals surface area contributed by atoms with Crippen LogP contribution in [0, 0.1) is 5.92 Å². The molecular formula is C17H21ClN2O5. The summed E-state index contributed by atoms with van der Waals surface area (Å²) in [4.78, 5) is 11.5. The number of nitrogens with zero attached hydrogens (tertiary/aromatic N) is 1. The van der Waals surface area contributed by atoms with Crippen LogP contribution in [0.3, 0.4) is 0 Å². The second kappa shape index (κ2) is 9.41. The molecule has 1 aliphatic heterocycles. The minimum Gasteiger partial charge on any atom is -0.488 e. The van der Waals surface area contributed by atoms with Gasteiger partial charge < -0.3 is 19.3 Å². The van der Waals surface area contributed by atoms with Crippen LogP contribution in [0.15, 0.2) is 29.4 Å². The highest BCUT2D eigenvalue weighted by Crippen LogP contribution is 2.39. The highest BCUT2D eigenvalue weighted by atomic mass is 35.5. The predicted molar refractivity (Wildman–Crippen MR) is 94.1 cm³/mol. The molecule has 1 unspecified atom stereocenters. The molecule has 7 nitrogen and oxygen atoms in total. The van der Waals surface area contributed by atoms with E-state index in [2.05, 4.69) is 10.5 Å². The van der Waals surface area contributed by atoms with Gasteiger partial charge in [0, 0.05) is 25.0 Å². The van der Waals surface area contributed by atoms with Gasteiger partial charge in [-0.3, -0.25) is 4.79 Å². The van der Waals surface area contributed by atoms with Gasteiger partial charge in [-0.1, -0.05) is 24.6 Å². The zero-order chi connectivity index (χ0) is 18.2. The van der Waals surface area contributed by atoms with Crippen LogP contribution < -0.4 is 14.9 Å². The highest BCUT2D eigenvalue weighted by molar-refractivity contribution is 6.34. The van der Waals surface area contributed by atoms with Crippen molar-refractivity contribution >= 4 is 23.2 Å². The SMILES string of the molecule is COCOc1c(C2=NNC(=O)CC2C)ccc(OC/C=C\CO)c1Cl. The summed E-state index contributed by atoms with van der Waals surface area (Å²) < 4.78 is 16.2. The smallest absolute Gasteiger partial charge is 0.240 e. The molecular weight excluding hydrogens is 348 g/mol. The molecule has 1 aliphatic rings. The van der Waals surface area contributed by atoms with Gasteiger partial charge in [-0.05, 0) is 18.2 Å². The number of ether oxygens (including phenoxy) is 3. The molecule has 0 aromatic heterocycles. The van der Waals surface area contributed by atoms with E-state index in [4.69, 9.17) is 30.9 Å². The lowest BCUT2D eigenvalue weighted by Gasteiger charge is -2.22. The first kappa shape index (κ1) is 19.2. The summed E-state index contributed by atoms with van der Waals surface area (Å²) in [7, 11) is 1.51. The van der Waals surface area contributed by atoms with E-state index < -0.39 is 0 Å². The van der Waals surface area contributed by atoms with Crippen molar-refractivity contribution in [1.82, 2.24) is 5.43 Å². The fraction of sp³-hybridized carbons (Fsp3) is 0.412. The third-order valence-electron chi connectivity index (χ3n) is 3.53. The summed E-state index contributed by atoms with van der Waals surface area (Å²) in [6.07, 6.45) is 3.60. The Kier molecular flexibility index (Phi) is 7.24. The maximum Gasteiger partial charge on any atom is 0.240 e. The first-order valence-electron chi connectivity index (χ1n) is 7.78. The molecule has 25 heavy (non-hydrogen) atoms. The van der Waals surface area contributed by atoms with Gasteiger partial charge in [0.05, 0.1) is 12.3 Å². The summed E-state index contributed by atoms with van der Waals surface area (Å²) in [6.45, 7) is 2.13. The standard InChI is InChI=1S/C17H21ClN2O5/c1-11-9-14(22)19-20-16(11)12-5-6-13(24-8-4-3-7-21)15(18)17(12)25-10-23-2/h3-6,11,21H,7-10H2,1-2H3,(H,19,22)/b4-3-. The molecule has 8 heteroatoms. The molecule has 0 radical (unpaired) electrons. The number of carbonyl (C=O) groups is 1. The number of rotatable bonds is 8. The number of halogens is 1. The van der Waals surface area contributed by atoms with E-state index in [1.54, 1.807) is 24.3 Å². The van der Waals surface area contributed by atoms with Crippen molar-refractivity contribution in [1.29, 1.82) is 0 Å². The maximum atomic E-state index is 11.5. The average Bonchev–Trinajstić information content (AvgIpc) is 2.59. The van der Waals surface area contributed by atoms with Crippen molar-refractivity contribution in [3.05, 3.63) is 34.9 Å². The number of aliphatic hydroxyl groups is 1. The van der Waals surface area contributed by atoms with Gasteiger partial charge in [-0.15, -0.1) is 0 Å². The fourth-order valence-corrected chi connectivity index (χ4v) is 2.64. The molecule has 1 atom stereocenters. The van der Waals surface area contributed by atoms with Crippen LogP contribution in [-0.2, 0) is 9.53 Å². The van der Waals surface area contributed by atoms with Crippen LogP contribution in [0.25, 0.3) is 0 Å². The molecule has 0 aliphatic carbocycles. The lowest BCUT2D eigenvalue weighted by atomic mass is 9.93. The minimum absolute atomic E-state index is 0.00854. The molecule has 136 valence electrons. The molecule has 2 N–H and O–H groups in total. The van der Waals surface area contributed by atoms with Crippen LogP contribution in [0.1, 0.15) is 18.9 Å². The number of hydrazone groups is 1. The third kappa shape index (κ3) is 4.94. The Morgan fingerprint density at radius 1 is 1.40 bits per heavy atom. The summed E-state index contributed by atoms with van der Waals surface area (Å²) >= 11 is 6.44. The van der Waals surface area contributed by atoms with E-state index in [1.807, 2.05) is 6.92 Å². The van der Waals surface area contributed by atoms with Crippen molar-refractivity contribution < 1.29 is 24.1 Å². The highest BCUT2D eigenvalue weighted by Gasteiger charge is 2.26. The Morgan fingerprint density at radius 2 is 2.20 bits per heavy atom. The topological polar surface area (TPSA) is 89.4 Å². The largest absolute Gasteiger partial charge is 0.488 e. The van der Waals surface area contributed by atoms with Gasteiger partial charge in [0.2, 0.25) is 5.91 Å². The molecule has 0 spiro atoms. The number of nitrogens with one attached hydrogen (secondary N) is 1. The van der Waals surface area contributed by atoms with E-state index in [9.17, 15) is 4.79 Å². The summed E-state index contributed by atoms with van der Waals surface area (Å²) in [5.74, 6) is 0.618. The van der Waals surface area contributed by atoms with E-state index >= 15 is 0 Å². The lowest BCUT2D eigenvalue weighted by Crippen LogP contribution is -2.32. The average molecular weight is 369 g/mol. The van der Waals surface area contributed by atoms with Gasteiger partial charge in [0.15, 0.2) is 12.5 Å². The Morgan fingerprint density at radius 3 is 2.88 bits per heavy atom.